The maximum absolute atomic E-state index is 6.87. The van der Waals surface area contributed by atoms with Crippen LogP contribution in [0.4, 0.5) is 0 Å². The van der Waals surface area contributed by atoms with Crippen LogP contribution in [0.2, 0.25) is 18.1 Å². The predicted molar refractivity (Wildman–Crippen MR) is 122 cm³/mol. The highest BCUT2D eigenvalue weighted by atomic mass is 28.4. The zero-order valence-corrected chi connectivity index (χ0v) is 19.3. The number of rotatable bonds is 7. The first-order valence-corrected chi connectivity index (χ1v) is 13.3. The molecule has 0 spiro atoms. The van der Waals surface area contributed by atoms with E-state index in [-0.39, 0.29) is 5.04 Å². The van der Waals surface area contributed by atoms with Gasteiger partial charge in [-0.25, -0.2) is 0 Å². The lowest BCUT2D eigenvalue weighted by Crippen LogP contribution is -2.44. The summed E-state index contributed by atoms with van der Waals surface area (Å²) < 4.78 is 6.87. The number of hydrogen-bond acceptors (Lipinski definition) is 3. The molecule has 0 bridgehead atoms. The van der Waals surface area contributed by atoms with Crippen molar-refractivity contribution in [2.45, 2.75) is 64.1 Å². The lowest BCUT2D eigenvalue weighted by atomic mass is 9.98. The van der Waals surface area contributed by atoms with Crippen LogP contribution in [-0.4, -0.2) is 38.3 Å². The van der Waals surface area contributed by atoms with Crippen LogP contribution in [0.3, 0.4) is 0 Å². The zero-order valence-electron chi connectivity index (χ0n) is 18.3. The quantitative estimate of drug-likeness (QED) is 0.451. The number of terminal acetylenes is 1. The Morgan fingerprint density at radius 2 is 2.04 bits per heavy atom. The van der Waals surface area contributed by atoms with Crippen LogP contribution in [-0.2, 0) is 6.42 Å². The molecule has 1 aliphatic carbocycles. The molecular formula is C24H34N2OSi. The molecule has 0 radical (unpaired) electrons. The van der Waals surface area contributed by atoms with E-state index >= 15 is 0 Å². The molecule has 1 heterocycles. The molecule has 0 aliphatic heterocycles. The normalized spacial score (nSPS) is 15.1. The molecule has 0 saturated heterocycles. The Morgan fingerprint density at radius 3 is 2.64 bits per heavy atom. The van der Waals surface area contributed by atoms with Crippen molar-refractivity contribution in [3.63, 3.8) is 0 Å². The first-order chi connectivity index (χ1) is 13.1. The predicted octanol–water partition coefficient (Wildman–Crippen LogP) is 5.60. The first kappa shape index (κ1) is 20.9. The van der Waals surface area contributed by atoms with E-state index in [2.05, 4.69) is 63.9 Å². The van der Waals surface area contributed by atoms with Crippen molar-refractivity contribution in [2.75, 3.05) is 20.1 Å². The third-order valence-corrected chi connectivity index (χ3v) is 10.6. The van der Waals surface area contributed by atoms with Crippen molar-refractivity contribution in [3.05, 3.63) is 35.5 Å². The molecule has 1 aromatic heterocycles. The third-order valence-electron chi connectivity index (χ3n) is 6.27. The second-order valence-electron chi connectivity index (χ2n) is 9.68. The largest absolute Gasteiger partial charge is 0.542 e. The van der Waals surface area contributed by atoms with E-state index in [4.69, 9.17) is 15.8 Å². The monoisotopic (exact) mass is 394 g/mol. The van der Waals surface area contributed by atoms with E-state index < -0.39 is 8.32 Å². The summed E-state index contributed by atoms with van der Waals surface area (Å²) >= 11 is 0. The molecule has 0 unspecified atom stereocenters. The van der Waals surface area contributed by atoms with Crippen LogP contribution in [0.15, 0.2) is 24.4 Å². The van der Waals surface area contributed by atoms with Gasteiger partial charge in [-0.3, -0.25) is 9.88 Å². The maximum atomic E-state index is 6.87. The summed E-state index contributed by atoms with van der Waals surface area (Å²) in [7, 11) is 0.133. The van der Waals surface area contributed by atoms with Crippen LogP contribution < -0.4 is 4.43 Å². The minimum atomic E-state index is -1.95. The Labute approximate surface area is 171 Å². The van der Waals surface area contributed by atoms with Gasteiger partial charge in [0.05, 0.1) is 6.54 Å². The van der Waals surface area contributed by atoms with Crippen LogP contribution in [0.5, 0.6) is 5.75 Å². The second-order valence-corrected chi connectivity index (χ2v) is 14.4. The highest BCUT2D eigenvalue weighted by Crippen LogP contribution is 2.49. The minimum absolute atomic E-state index is 0.158. The fourth-order valence-corrected chi connectivity index (χ4v) is 4.31. The van der Waals surface area contributed by atoms with Gasteiger partial charge in [0.15, 0.2) is 0 Å². The van der Waals surface area contributed by atoms with Gasteiger partial charge in [-0.1, -0.05) is 38.8 Å². The summed E-state index contributed by atoms with van der Waals surface area (Å²) in [6, 6.07) is 6.62. The number of benzene rings is 1. The smallest absolute Gasteiger partial charge is 0.250 e. The summed E-state index contributed by atoms with van der Waals surface area (Å²) in [5.41, 5.74) is 3.76. The third kappa shape index (κ3) is 4.42. The van der Waals surface area contributed by atoms with Crippen molar-refractivity contribution >= 4 is 19.2 Å². The zero-order chi connectivity index (χ0) is 20.5. The number of likely N-dealkylation sites (N-methyl/N-ethyl adjacent to an activating group) is 1. The van der Waals surface area contributed by atoms with Gasteiger partial charge in [0.2, 0.25) is 0 Å². The lowest BCUT2D eigenvalue weighted by Gasteiger charge is -2.37. The van der Waals surface area contributed by atoms with Crippen LogP contribution in [0, 0.1) is 12.3 Å². The van der Waals surface area contributed by atoms with E-state index in [1.807, 2.05) is 12.3 Å². The van der Waals surface area contributed by atoms with Crippen LogP contribution in [0.25, 0.3) is 10.9 Å². The van der Waals surface area contributed by atoms with Crippen LogP contribution in [0.1, 0.15) is 50.7 Å². The van der Waals surface area contributed by atoms with Crippen molar-refractivity contribution in [1.82, 2.24) is 9.88 Å². The summed E-state index contributed by atoms with van der Waals surface area (Å²) in [5, 5.41) is 1.38. The van der Waals surface area contributed by atoms with Crippen molar-refractivity contribution in [2.24, 2.45) is 0 Å². The van der Waals surface area contributed by atoms with Gasteiger partial charge >= 0.3 is 0 Å². The van der Waals surface area contributed by atoms with Crippen molar-refractivity contribution in [1.29, 1.82) is 0 Å². The van der Waals surface area contributed by atoms with Crippen molar-refractivity contribution < 1.29 is 4.43 Å². The molecule has 1 fully saturated rings. The summed E-state index contributed by atoms with van der Waals surface area (Å²) in [5.74, 6) is 4.39. The van der Waals surface area contributed by atoms with Gasteiger partial charge in [0.1, 0.15) is 11.3 Å². The molecule has 1 aromatic carbocycles. The molecule has 4 heteroatoms. The summed E-state index contributed by atoms with van der Waals surface area (Å²) in [6.07, 6.45) is 10.8. The highest BCUT2D eigenvalue weighted by Gasteiger charge is 2.41. The minimum Gasteiger partial charge on any atom is -0.542 e. The van der Waals surface area contributed by atoms with Gasteiger partial charge in [0.25, 0.3) is 8.32 Å². The van der Waals surface area contributed by atoms with Gasteiger partial charge in [-0.2, -0.15) is 0 Å². The molecule has 0 N–H and O–H groups in total. The standard InChI is InChI=1S/C24H34N2OSi/c1-8-15-26(5)16-13-19-17-21(18-11-12-18)23(22-20(19)10-9-14-25-22)27-28(6,7)24(2,3)4/h1,9-10,14,17-18H,11-13,15-16H2,2-7H3. The number of fused-ring (bicyclic) bond motifs is 1. The molecule has 3 rings (SSSR count). The Morgan fingerprint density at radius 1 is 1.32 bits per heavy atom. The topological polar surface area (TPSA) is 25.4 Å². The number of pyridine rings is 1. The molecule has 0 atom stereocenters. The highest BCUT2D eigenvalue weighted by molar-refractivity contribution is 6.74. The van der Waals surface area contributed by atoms with Crippen molar-refractivity contribution in [3.8, 4) is 18.1 Å². The van der Waals surface area contributed by atoms with Gasteiger partial charge in [-0.15, -0.1) is 6.42 Å². The first-order valence-electron chi connectivity index (χ1n) is 10.4. The van der Waals surface area contributed by atoms with E-state index in [9.17, 15) is 0 Å². The second kappa shape index (κ2) is 7.89. The molecular weight excluding hydrogens is 360 g/mol. The molecule has 1 saturated carbocycles. The fourth-order valence-electron chi connectivity index (χ4n) is 3.28. The number of aromatic nitrogens is 1. The molecule has 3 nitrogen and oxygen atoms in total. The average molecular weight is 395 g/mol. The number of nitrogens with zero attached hydrogens (tertiary/aromatic N) is 2. The van der Waals surface area contributed by atoms with Gasteiger partial charge in [-0.05, 0) is 67.6 Å². The Kier molecular flexibility index (Phi) is 5.88. The van der Waals surface area contributed by atoms with E-state index in [0.29, 0.717) is 12.5 Å². The van der Waals surface area contributed by atoms with E-state index in [1.165, 1.54) is 29.4 Å². The Bertz CT molecular complexity index is 888. The van der Waals surface area contributed by atoms with Crippen LogP contribution >= 0.6 is 0 Å². The molecule has 150 valence electrons. The molecule has 1 aliphatic rings. The maximum Gasteiger partial charge on any atom is 0.250 e. The lowest BCUT2D eigenvalue weighted by molar-refractivity contribution is 0.381. The summed E-state index contributed by atoms with van der Waals surface area (Å²) in [6.45, 7) is 13.1. The van der Waals surface area contributed by atoms with E-state index in [1.54, 1.807) is 0 Å². The summed E-state index contributed by atoms with van der Waals surface area (Å²) in [4.78, 5) is 6.99. The Balaban J connectivity index is 2.06. The molecule has 2 aromatic rings. The molecule has 28 heavy (non-hydrogen) atoms. The SMILES string of the molecule is C#CCN(C)CCc1cc(C2CC2)c(O[Si](C)(C)C(C)(C)C)c2ncccc12. The van der Waals surface area contributed by atoms with Gasteiger partial charge < -0.3 is 4.43 Å². The van der Waals surface area contributed by atoms with E-state index in [0.717, 1.165) is 24.2 Å². The molecule has 0 amide bonds. The Hall–Kier alpha value is -1.83. The average Bonchev–Trinajstić information content (AvgIpc) is 3.45. The van der Waals surface area contributed by atoms with Gasteiger partial charge in [0, 0.05) is 18.1 Å². The number of hydrogen-bond donors (Lipinski definition) is 0. The fraction of sp³-hybridized carbons (Fsp3) is 0.542.